The van der Waals surface area contributed by atoms with Crippen LogP contribution in [0.2, 0.25) is 0 Å². The van der Waals surface area contributed by atoms with Crippen LogP contribution in [0.1, 0.15) is 74.7 Å². The molecule has 0 fully saturated rings. The highest BCUT2D eigenvalue weighted by Crippen LogP contribution is 2.55. The number of aliphatic hydroxyl groups is 2. The van der Waals surface area contributed by atoms with E-state index in [1.165, 1.54) is 53.0 Å². The van der Waals surface area contributed by atoms with Crippen molar-refractivity contribution in [1.29, 1.82) is 0 Å². The van der Waals surface area contributed by atoms with Crippen molar-refractivity contribution in [2.45, 2.75) is 85.6 Å². The molecular formula is C38H47NO13. The maximum absolute atomic E-state index is 14.0. The van der Waals surface area contributed by atoms with Gasteiger partial charge in [0.25, 0.3) is 11.7 Å². The molecule has 0 spiro atoms. The van der Waals surface area contributed by atoms with Crippen LogP contribution in [0.4, 0.5) is 5.69 Å². The van der Waals surface area contributed by atoms with E-state index in [2.05, 4.69) is 5.32 Å². The second-order valence-electron chi connectivity index (χ2n) is 13.7. The van der Waals surface area contributed by atoms with Gasteiger partial charge in [0.1, 0.15) is 23.4 Å². The molecule has 3 aliphatic heterocycles. The summed E-state index contributed by atoms with van der Waals surface area (Å²) in [4.78, 5) is 51.8. The first kappa shape index (κ1) is 39.9. The minimum atomic E-state index is -2.08. The Hall–Kier alpha value is -4.92. The molecule has 14 nitrogen and oxygen atoms in total. The number of hydrogen-bond donors (Lipinski definition) is 6. The fourth-order valence-electron chi connectivity index (χ4n) is 6.86. The van der Waals surface area contributed by atoms with E-state index in [1.54, 1.807) is 33.8 Å². The molecule has 0 aliphatic carbocycles. The van der Waals surface area contributed by atoms with E-state index < -0.39 is 111 Å². The Balaban J connectivity index is 1.93. The van der Waals surface area contributed by atoms with Gasteiger partial charge in [0.15, 0.2) is 12.0 Å². The average molecular weight is 726 g/mol. The zero-order valence-corrected chi connectivity index (χ0v) is 30.6. The Morgan fingerprint density at radius 3 is 2.19 bits per heavy atom. The first-order valence-electron chi connectivity index (χ1n) is 16.9. The monoisotopic (exact) mass is 725 g/mol. The average Bonchev–Trinajstić information content (AvgIpc) is 3.36. The molecule has 3 aliphatic rings. The van der Waals surface area contributed by atoms with Crippen LogP contribution in [-0.4, -0.2) is 86.8 Å². The number of aromatic hydroxyl groups is 3. The summed E-state index contributed by atoms with van der Waals surface area (Å²) in [5.74, 6) is -9.19. The largest absolute Gasteiger partial charge is 0.507 e. The molecule has 1 amide bonds. The molecule has 6 N–H and O–H groups in total. The smallest absolute Gasteiger partial charge is 0.312 e. The van der Waals surface area contributed by atoms with Crippen LogP contribution in [0.15, 0.2) is 36.1 Å². The van der Waals surface area contributed by atoms with Crippen LogP contribution in [0.5, 0.6) is 23.0 Å². The van der Waals surface area contributed by atoms with E-state index in [-0.39, 0.29) is 28.7 Å². The lowest BCUT2D eigenvalue weighted by Gasteiger charge is -2.38. The standard InChI is InChI=1S/C38H47NO13/c1-16-11-10-12-17(2)37(48)39-28-23(15-40)32(45)25-26(33(28)46)31(44)21(6)35-27(25)36(47)38(8,52-35)50-14-13-24(49-9)18(3)34(51-22(7)41)20(5)30(43)19(4)29(16)42/h10-16,18-20,24,29-30,34,42-46H,1-9H3,(H,39,48)/t16-,18+,19+,20+,24-,29-,30+,34+,38+/m1/s1. The number of phenols is 3. The van der Waals surface area contributed by atoms with Crippen LogP contribution < -0.4 is 10.1 Å². The number of rotatable bonds is 3. The van der Waals surface area contributed by atoms with Gasteiger partial charge in [0.05, 0.1) is 46.8 Å². The Morgan fingerprint density at radius 2 is 1.60 bits per heavy atom. The van der Waals surface area contributed by atoms with Crippen molar-refractivity contribution in [2.24, 2.45) is 23.7 Å². The van der Waals surface area contributed by atoms with Crippen LogP contribution in [-0.2, 0) is 23.8 Å². The quantitative estimate of drug-likeness (QED) is 0.111. The maximum Gasteiger partial charge on any atom is 0.312 e. The molecule has 2 aromatic rings. The highest BCUT2D eigenvalue weighted by Gasteiger charge is 2.50. The number of anilines is 1. The number of Topliss-reactive ketones (excluding diaryl/α,β-unsaturated/α-hetero) is 1. The van der Waals surface area contributed by atoms with Crippen molar-refractivity contribution < 1.29 is 63.7 Å². The maximum atomic E-state index is 14.0. The number of methoxy groups -OCH3 is 1. The summed E-state index contributed by atoms with van der Waals surface area (Å²) < 4.78 is 23.1. The summed E-state index contributed by atoms with van der Waals surface area (Å²) in [6, 6.07) is 0. The first-order valence-corrected chi connectivity index (χ1v) is 16.9. The molecule has 282 valence electrons. The lowest BCUT2D eigenvalue weighted by atomic mass is 9.78. The number of ketones is 1. The molecule has 9 atom stereocenters. The lowest BCUT2D eigenvalue weighted by molar-refractivity contribution is -0.160. The van der Waals surface area contributed by atoms with Crippen LogP contribution in [0, 0.1) is 30.6 Å². The van der Waals surface area contributed by atoms with Crippen molar-refractivity contribution in [1.82, 2.24) is 0 Å². The second kappa shape index (κ2) is 15.4. The third-order valence-electron chi connectivity index (χ3n) is 10.2. The highest BCUT2D eigenvalue weighted by molar-refractivity contribution is 6.23. The predicted octanol–water partition coefficient (Wildman–Crippen LogP) is 4.57. The zero-order chi connectivity index (χ0) is 39.0. The number of aliphatic hydroxyl groups excluding tert-OH is 2. The first-order chi connectivity index (χ1) is 24.3. The van der Waals surface area contributed by atoms with E-state index in [4.69, 9.17) is 18.9 Å². The van der Waals surface area contributed by atoms with E-state index in [0.29, 0.717) is 0 Å². The summed E-state index contributed by atoms with van der Waals surface area (Å²) in [6.07, 6.45) is 3.41. The molecule has 14 heteroatoms. The fourth-order valence-corrected chi connectivity index (χ4v) is 6.86. The molecule has 3 heterocycles. The van der Waals surface area contributed by atoms with Gasteiger partial charge < -0.3 is 49.8 Å². The minimum absolute atomic E-state index is 0.00425. The van der Waals surface area contributed by atoms with Gasteiger partial charge in [-0.1, -0.05) is 45.9 Å². The molecule has 0 radical (unpaired) electrons. The van der Waals surface area contributed by atoms with Crippen molar-refractivity contribution in [2.75, 3.05) is 12.4 Å². The van der Waals surface area contributed by atoms with E-state index in [9.17, 15) is 44.7 Å². The number of fused-ring (bicyclic) bond motifs is 14. The third-order valence-corrected chi connectivity index (χ3v) is 10.2. The number of esters is 1. The summed E-state index contributed by atoms with van der Waals surface area (Å²) in [6.45, 7) is 12.2. The molecule has 0 unspecified atom stereocenters. The van der Waals surface area contributed by atoms with Gasteiger partial charge >= 0.3 is 11.8 Å². The van der Waals surface area contributed by atoms with Crippen molar-refractivity contribution >= 4 is 40.4 Å². The number of carbonyl (C=O) groups excluding carboxylic acids is 4. The van der Waals surface area contributed by atoms with Crippen molar-refractivity contribution in [3.63, 3.8) is 0 Å². The molecule has 0 saturated carbocycles. The lowest BCUT2D eigenvalue weighted by Crippen LogP contribution is -2.46. The molecule has 0 saturated heterocycles. The van der Waals surface area contributed by atoms with Crippen molar-refractivity contribution in [3.8, 4) is 23.0 Å². The van der Waals surface area contributed by atoms with Crippen LogP contribution in [0.25, 0.3) is 10.8 Å². The number of ether oxygens (including phenoxy) is 4. The third kappa shape index (κ3) is 7.10. The van der Waals surface area contributed by atoms with Gasteiger partial charge in [-0.05, 0) is 19.9 Å². The van der Waals surface area contributed by atoms with Gasteiger partial charge in [-0.2, -0.15) is 0 Å². The van der Waals surface area contributed by atoms with Crippen LogP contribution in [0.3, 0.4) is 0 Å². The summed E-state index contributed by atoms with van der Waals surface area (Å²) >= 11 is 0. The number of carbonyl (C=O) groups is 4. The molecule has 2 aromatic carbocycles. The molecule has 5 rings (SSSR count). The van der Waals surface area contributed by atoms with E-state index in [1.807, 2.05) is 0 Å². The van der Waals surface area contributed by atoms with E-state index >= 15 is 0 Å². The Labute approximate surface area is 301 Å². The molecule has 5 bridgehead atoms. The van der Waals surface area contributed by atoms with Gasteiger partial charge in [-0.25, -0.2) is 0 Å². The number of allylic oxidation sites excluding steroid dienone is 2. The number of benzene rings is 2. The predicted molar refractivity (Wildman–Crippen MR) is 189 cm³/mol. The Bertz CT molecular complexity index is 1860. The number of nitrogens with one attached hydrogen (secondary N) is 1. The number of phenolic OH excluding ortho intramolecular Hbond substituents is 3. The topological polar surface area (TPSA) is 218 Å². The summed E-state index contributed by atoms with van der Waals surface area (Å²) in [7, 11) is 1.41. The normalized spacial score (nSPS) is 30.1. The Kier molecular flexibility index (Phi) is 11.8. The fraction of sp³-hybridized carbons (Fsp3) is 0.474. The van der Waals surface area contributed by atoms with Crippen molar-refractivity contribution in [3.05, 3.63) is 52.8 Å². The second-order valence-corrected chi connectivity index (χ2v) is 13.7. The molecule has 52 heavy (non-hydrogen) atoms. The summed E-state index contributed by atoms with van der Waals surface area (Å²) in [5, 5.41) is 58.2. The zero-order valence-electron chi connectivity index (χ0n) is 30.6. The minimum Gasteiger partial charge on any atom is -0.507 e. The number of hydrogen-bond acceptors (Lipinski definition) is 13. The molecule has 0 aromatic heterocycles. The Morgan fingerprint density at radius 1 is 0.942 bits per heavy atom. The van der Waals surface area contributed by atoms with Crippen LogP contribution >= 0.6 is 0 Å². The summed E-state index contributed by atoms with van der Waals surface area (Å²) in [5.41, 5.74) is -1.27. The van der Waals surface area contributed by atoms with Gasteiger partial charge in [-0.15, -0.1) is 0 Å². The van der Waals surface area contributed by atoms with Gasteiger partial charge in [0, 0.05) is 61.2 Å². The number of amides is 1. The number of aldehydes is 1. The van der Waals surface area contributed by atoms with Gasteiger partial charge in [-0.3, -0.25) is 19.2 Å². The SMILES string of the molecule is CO[C@@H]1C=CO[C@@]2(C)Oc3c(C)c(O)c4c(O)c(c(C=O)c(O)c4c3C2=O)NC(=O)C(C)=CC=C[C@@H](C)[C@@H](O)[C@H](C)[C@H](O)[C@H](C)[C@@H](OC(C)=O)[C@H]1C. The van der Waals surface area contributed by atoms with E-state index in [0.717, 1.165) is 6.26 Å². The van der Waals surface area contributed by atoms with Gasteiger partial charge in [0.2, 0.25) is 0 Å². The molecular weight excluding hydrogens is 678 g/mol. The highest BCUT2D eigenvalue weighted by atomic mass is 16.7.